The topological polar surface area (TPSA) is 93.8 Å². The highest BCUT2D eigenvalue weighted by atomic mass is 32.1. The standard InChI is InChI=1S/C9H11N5O2S/c1-6(2-8(15)16)4-14-9(11-12-13-14)7-3-10-5-17-7/h3,5-6H,2,4H2,1H3,(H,15,16). The predicted octanol–water partition coefficient (Wildman–Crippen LogP) is 0.907. The van der Waals surface area contributed by atoms with Crippen LogP contribution in [-0.2, 0) is 11.3 Å². The number of carbonyl (C=O) groups is 1. The van der Waals surface area contributed by atoms with Gasteiger partial charge in [-0.05, 0) is 16.3 Å². The maximum Gasteiger partial charge on any atom is 0.303 e. The molecule has 0 saturated carbocycles. The Morgan fingerprint density at radius 3 is 3.12 bits per heavy atom. The normalized spacial score (nSPS) is 12.5. The van der Waals surface area contributed by atoms with Crippen LogP contribution in [0, 0.1) is 5.92 Å². The van der Waals surface area contributed by atoms with Crippen molar-refractivity contribution in [2.45, 2.75) is 19.9 Å². The van der Waals surface area contributed by atoms with Gasteiger partial charge < -0.3 is 5.11 Å². The highest BCUT2D eigenvalue weighted by Gasteiger charge is 2.14. The molecule has 0 aromatic carbocycles. The first-order chi connectivity index (χ1) is 8.16. The Morgan fingerprint density at radius 2 is 2.47 bits per heavy atom. The summed E-state index contributed by atoms with van der Waals surface area (Å²) in [5, 5.41) is 20.1. The van der Waals surface area contributed by atoms with Crippen LogP contribution in [0.3, 0.4) is 0 Å². The molecule has 8 heteroatoms. The molecule has 2 heterocycles. The van der Waals surface area contributed by atoms with E-state index in [4.69, 9.17) is 5.11 Å². The van der Waals surface area contributed by atoms with E-state index in [1.807, 2.05) is 6.92 Å². The first-order valence-corrected chi connectivity index (χ1v) is 5.91. The van der Waals surface area contributed by atoms with Crippen molar-refractivity contribution in [3.05, 3.63) is 11.7 Å². The van der Waals surface area contributed by atoms with Crippen molar-refractivity contribution in [1.82, 2.24) is 25.2 Å². The molecule has 2 aromatic rings. The summed E-state index contributed by atoms with van der Waals surface area (Å²) >= 11 is 1.45. The van der Waals surface area contributed by atoms with Gasteiger partial charge in [0.15, 0.2) is 5.82 Å². The average molecular weight is 253 g/mol. The first-order valence-electron chi connectivity index (χ1n) is 5.03. The minimum absolute atomic E-state index is 0.0253. The third-order valence-electron chi connectivity index (χ3n) is 2.19. The molecule has 0 aliphatic carbocycles. The zero-order valence-electron chi connectivity index (χ0n) is 9.15. The number of hydrogen-bond acceptors (Lipinski definition) is 6. The van der Waals surface area contributed by atoms with E-state index in [1.54, 1.807) is 16.4 Å². The minimum Gasteiger partial charge on any atom is -0.481 e. The number of carboxylic acid groups (broad SMARTS) is 1. The molecule has 2 rings (SSSR count). The summed E-state index contributed by atoms with van der Waals surface area (Å²) in [6.07, 6.45) is 1.79. The number of hydrogen-bond donors (Lipinski definition) is 1. The van der Waals surface area contributed by atoms with Gasteiger partial charge in [-0.3, -0.25) is 9.78 Å². The van der Waals surface area contributed by atoms with Crippen LogP contribution in [0.15, 0.2) is 11.7 Å². The van der Waals surface area contributed by atoms with Crippen LogP contribution in [0.4, 0.5) is 0 Å². The van der Waals surface area contributed by atoms with Gasteiger partial charge in [-0.2, -0.15) is 0 Å². The lowest BCUT2D eigenvalue weighted by Gasteiger charge is -2.08. The summed E-state index contributed by atoms with van der Waals surface area (Å²) in [5.41, 5.74) is 1.70. The molecule has 0 amide bonds. The van der Waals surface area contributed by atoms with Crippen molar-refractivity contribution >= 4 is 17.3 Å². The molecule has 0 saturated heterocycles. The molecule has 1 N–H and O–H groups in total. The summed E-state index contributed by atoms with van der Waals surface area (Å²) in [6, 6.07) is 0. The lowest BCUT2D eigenvalue weighted by molar-refractivity contribution is -0.138. The van der Waals surface area contributed by atoms with E-state index in [-0.39, 0.29) is 12.3 Å². The summed E-state index contributed by atoms with van der Waals surface area (Å²) in [7, 11) is 0. The van der Waals surface area contributed by atoms with E-state index in [1.165, 1.54) is 11.3 Å². The van der Waals surface area contributed by atoms with E-state index in [0.717, 1.165) is 4.88 Å². The third-order valence-corrected chi connectivity index (χ3v) is 2.96. The lowest BCUT2D eigenvalue weighted by Crippen LogP contribution is -2.13. The summed E-state index contributed by atoms with van der Waals surface area (Å²) in [4.78, 5) is 15.4. The molecule has 0 bridgehead atoms. The molecule has 0 spiro atoms. The fourth-order valence-electron chi connectivity index (χ4n) is 1.49. The van der Waals surface area contributed by atoms with Crippen LogP contribution in [0.5, 0.6) is 0 Å². The largest absolute Gasteiger partial charge is 0.481 e. The quantitative estimate of drug-likeness (QED) is 0.851. The van der Waals surface area contributed by atoms with Gasteiger partial charge >= 0.3 is 5.97 Å². The number of thiazole rings is 1. The van der Waals surface area contributed by atoms with Crippen LogP contribution in [0.1, 0.15) is 13.3 Å². The Balaban J connectivity index is 2.12. The molecule has 17 heavy (non-hydrogen) atoms. The van der Waals surface area contributed by atoms with Gasteiger partial charge in [0, 0.05) is 19.2 Å². The highest BCUT2D eigenvalue weighted by Crippen LogP contribution is 2.20. The van der Waals surface area contributed by atoms with Gasteiger partial charge in [-0.1, -0.05) is 6.92 Å². The fraction of sp³-hybridized carbons (Fsp3) is 0.444. The van der Waals surface area contributed by atoms with Gasteiger partial charge in [-0.15, -0.1) is 16.4 Å². The van der Waals surface area contributed by atoms with Gasteiger partial charge in [0.25, 0.3) is 0 Å². The first kappa shape index (κ1) is 11.6. The maximum atomic E-state index is 10.6. The van der Waals surface area contributed by atoms with E-state index < -0.39 is 5.97 Å². The molecular weight excluding hydrogens is 242 g/mol. The number of carboxylic acids is 1. The predicted molar refractivity (Wildman–Crippen MR) is 60.3 cm³/mol. The molecule has 0 radical (unpaired) electrons. The number of rotatable bonds is 5. The molecule has 1 unspecified atom stereocenters. The van der Waals surface area contributed by atoms with Crippen LogP contribution < -0.4 is 0 Å². The van der Waals surface area contributed by atoms with Crippen LogP contribution >= 0.6 is 11.3 Å². The smallest absolute Gasteiger partial charge is 0.303 e. The Morgan fingerprint density at radius 1 is 1.65 bits per heavy atom. The molecule has 1 atom stereocenters. The second kappa shape index (κ2) is 5.00. The van der Waals surface area contributed by atoms with E-state index in [0.29, 0.717) is 12.4 Å². The molecule has 0 fully saturated rings. The molecule has 2 aromatic heterocycles. The van der Waals surface area contributed by atoms with Crippen LogP contribution in [-0.4, -0.2) is 36.3 Å². The summed E-state index contributed by atoms with van der Waals surface area (Å²) < 4.78 is 1.61. The zero-order valence-corrected chi connectivity index (χ0v) is 9.96. The molecule has 7 nitrogen and oxygen atoms in total. The number of aliphatic carboxylic acids is 1. The minimum atomic E-state index is -0.815. The maximum absolute atomic E-state index is 10.6. The van der Waals surface area contributed by atoms with Crippen LogP contribution in [0.25, 0.3) is 10.7 Å². The van der Waals surface area contributed by atoms with Crippen molar-refractivity contribution < 1.29 is 9.90 Å². The van der Waals surface area contributed by atoms with Gasteiger partial charge in [0.2, 0.25) is 0 Å². The summed E-state index contributed by atoms with van der Waals surface area (Å²) in [5.74, 6) is -0.211. The van der Waals surface area contributed by atoms with Gasteiger partial charge in [0.05, 0.1) is 10.4 Å². The monoisotopic (exact) mass is 253 g/mol. The second-order valence-corrected chi connectivity index (χ2v) is 4.64. The van der Waals surface area contributed by atoms with Gasteiger partial charge in [0.1, 0.15) is 0 Å². The Labute approximate surface area is 101 Å². The Kier molecular flexibility index (Phi) is 3.43. The zero-order chi connectivity index (χ0) is 12.3. The molecular formula is C9H11N5O2S. The SMILES string of the molecule is CC(CC(=O)O)Cn1nnnc1-c1cncs1. The van der Waals surface area contributed by atoms with E-state index >= 15 is 0 Å². The van der Waals surface area contributed by atoms with Crippen molar-refractivity contribution in [3.63, 3.8) is 0 Å². The van der Waals surface area contributed by atoms with E-state index in [2.05, 4.69) is 20.5 Å². The third kappa shape index (κ3) is 2.84. The number of tetrazole rings is 1. The summed E-state index contributed by atoms with van der Waals surface area (Å²) in [6.45, 7) is 2.33. The van der Waals surface area contributed by atoms with Crippen LogP contribution in [0.2, 0.25) is 0 Å². The highest BCUT2D eigenvalue weighted by molar-refractivity contribution is 7.13. The van der Waals surface area contributed by atoms with Gasteiger partial charge in [-0.25, -0.2) is 4.68 Å². The molecule has 0 aliphatic rings. The number of nitrogens with zero attached hydrogens (tertiary/aromatic N) is 5. The van der Waals surface area contributed by atoms with E-state index in [9.17, 15) is 4.79 Å². The fourth-order valence-corrected chi connectivity index (χ4v) is 2.10. The lowest BCUT2D eigenvalue weighted by atomic mass is 10.1. The Bertz CT molecular complexity index is 495. The van der Waals surface area contributed by atoms with Crippen molar-refractivity contribution in [3.8, 4) is 10.7 Å². The average Bonchev–Trinajstić information content (AvgIpc) is 2.84. The molecule has 90 valence electrons. The van der Waals surface area contributed by atoms with Crippen molar-refractivity contribution in [2.75, 3.05) is 0 Å². The molecule has 0 aliphatic heterocycles. The van der Waals surface area contributed by atoms with Crippen molar-refractivity contribution in [2.24, 2.45) is 5.92 Å². The number of aromatic nitrogens is 5. The second-order valence-electron chi connectivity index (χ2n) is 3.75. The van der Waals surface area contributed by atoms with Crippen molar-refractivity contribution in [1.29, 1.82) is 0 Å². The Hall–Kier alpha value is -1.83.